The van der Waals surface area contributed by atoms with E-state index in [9.17, 15) is 4.79 Å². The molecule has 0 aliphatic carbocycles. The Bertz CT molecular complexity index is 175. The summed E-state index contributed by atoms with van der Waals surface area (Å²) < 4.78 is 0. The Hall–Kier alpha value is -0.850. The Kier molecular flexibility index (Phi) is 5.44. The molecule has 0 spiro atoms. The first-order valence-electron chi connectivity index (χ1n) is 3.94. The van der Waals surface area contributed by atoms with Gasteiger partial charge in [-0.15, -0.1) is 0 Å². The molecular weight excluding hydrogens is 136 g/mol. The molecule has 0 saturated carbocycles. The number of carbonyl (C=O) groups excluding carboxylic acids is 1. The molecule has 0 fully saturated rings. The summed E-state index contributed by atoms with van der Waals surface area (Å²) >= 11 is 0. The number of carbonyl (C=O) groups is 1. The number of hydrogen-bond acceptors (Lipinski definition) is 1. The number of rotatable bonds is 4. The molecule has 1 heteroatoms. The lowest BCUT2D eigenvalue weighted by atomic mass is 10.1. The van der Waals surface area contributed by atoms with Crippen LogP contribution in [-0.4, -0.2) is 6.29 Å². The summed E-state index contributed by atoms with van der Waals surface area (Å²) in [6.45, 7) is 5.97. The van der Waals surface area contributed by atoms with Gasteiger partial charge in [0.05, 0.1) is 0 Å². The van der Waals surface area contributed by atoms with Gasteiger partial charge in [-0.25, -0.2) is 0 Å². The predicted molar refractivity (Wildman–Crippen MR) is 48.5 cm³/mol. The van der Waals surface area contributed by atoms with Gasteiger partial charge in [0.25, 0.3) is 0 Å². The Morgan fingerprint density at radius 1 is 1.36 bits per heavy atom. The molecule has 0 saturated heterocycles. The largest absolute Gasteiger partial charge is 0.298 e. The highest BCUT2D eigenvalue weighted by Gasteiger charge is 1.87. The molecule has 1 nitrogen and oxygen atoms in total. The molecule has 0 aromatic rings. The summed E-state index contributed by atoms with van der Waals surface area (Å²) in [6, 6.07) is 0. The van der Waals surface area contributed by atoms with Crippen LogP contribution in [0.3, 0.4) is 0 Å². The summed E-state index contributed by atoms with van der Waals surface area (Å²) in [7, 11) is 0. The van der Waals surface area contributed by atoms with Crippen molar-refractivity contribution in [2.75, 3.05) is 0 Å². The lowest BCUT2D eigenvalue weighted by molar-refractivity contribution is -0.104. The Morgan fingerprint density at radius 3 is 2.45 bits per heavy atom. The maximum Gasteiger partial charge on any atom is 0.145 e. The normalized spacial score (nSPS) is 13.4. The highest BCUT2D eigenvalue weighted by Crippen LogP contribution is 2.04. The fraction of sp³-hybridized carbons (Fsp3) is 0.500. The van der Waals surface area contributed by atoms with Crippen LogP contribution in [0.2, 0.25) is 0 Å². The van der Waals surface area contributed by atoms with Crippen LogP contribution >= 0.6 is 0 Å². The van der Waals surface area contributed by atoms with Crippen LogP contribution in [0.25, 0.3) is 0 Å². The Labute approximate surface area is 68.8 Å². The van der Waals surface area contributed by atoms with E-state index >= 15 is 0 Å². The van der Waals surface area contributed by atoms with E-state index < -0.39 is 0 Å². The van der Waals surface area contributed by atoms with Gasteiger partial charge < -0.3 is 0 Å². The molecule has 62 valence electrons. The number of aldehydes is 1. The average Bonchev–Trinajstić information content (AvgIpc) is 2.04. The summed E-state index contributed by atoms with van der Waals surface area (Å²) in [5.74, 6) is 0. The summed E-state index contributed by atoms with van der Waals surface area (Å²) in [5.41, 5.74) is 2.20. The molecule has 0 amide bonds. The van der Waals surface area contributed by atoms with Crippen LogP contribution in [0.4, 0.5) is 0 Å². The van der Waals surface area contributed by atoms with Crippen LogP contribution in [0.5, 0.6) is 0 Å². The third-order valence-electron chi connectivity index (χ3n) is 1.68. The standard InChI is InChI=1S/C10H16O/c1-4-9(2)6-5-7-10(3)8-11/h4,7-8H,5-6H2,1-3H3/b9-4+,10-7-. The molecule has 0 aliphatic heterocycles. The molecule has 0 bridgehead atoms. The van der Waals surface area contributed by atoms with Crippen LogP contribution in [0.15, 0.2) is 23.3 Å². The van der Waals surface area contributed by atoms with Gasteiger partial charge in [0.15, 0.2) is 0 Å². The van der Waals surface area contributed by atoms with Crippen LogP contribution in [-0.2, 0) is 4.79 Å². The van der Waals surface area contributed by atoms with Crippen LogP contribution in [0.1, 0.15) is 33.6 Å². The first-order valence-corrected chi connectivity index (χ1v) is 3.94. The molecule has 0 aliphatic rings. The average molecular weight is 152 g/mol. The second-order valence-electron chi connectivity index (χ2n) is 2.74. The van der Waals surface area contributed by atoms with E-state index in [1.807, 2.05) is 19.9 Å². The first kappa shape index (κ1) is 10.2. The van der Waals surface area contributed by atoms with Crippen LogP contribution < -0.4 is 0 Å². The van der Waals surface area contributed by atoms with Gasteiger partial charge in [0.2, 0.25) is 0 Å². The lowest BCUT2D eigenvalue weighted by Gasteiger charge is -1.94. The SMILES string of the molecule is C/C=C(\C)CC/C=C(/C)C=O. The highest BCUT2D eigenvalue weighted by molar-refractivity contribution is 5.71. The third kappa shape index (κ3) is 5.59. The second kappa shape index (κ2) is 5.90. The monoisotopic (exact) mass is 152 g/mol. The third-order valence-corrected chi connectivity index (χ3v) is 1.68. The van der Waals surface area contributed by atoms with Crippen molar-refractivity contribution in [2.24, 2.45) is 0 Å². The molecular formula is C10H16O. The van der Waals surface area contributed by atoms with Crippen molar-refractivity contribution in [2.45, 2.75) is 33.6 Å². The first-order chi connectivity index (χ1) is 5.20. The molecule has 0 atom stereocenters. The molecule has 0 heterocycles. The van der Waals surface area contributed by atoms with E-state index in [0.29, 0.717) is 0 Å². The quantitative estimate of drug-likeness (QED) is 0.344. The molecule has 0 radical (unpaired) electrons. The van der Waals surface area contributed by atoms with Crippen molar-refractivity contribution < 1.29 is 4.79 Å². The van der Waals surface area contributed by atoms with E-state index in [-0.39, 0.29) is 0 Å². The number of allylic oxidation sites excluding steroid dienone is 4. The summed E-state index contributed by atoms with van der Waals surface area (Å²) in [5, 5.41) is 0. The molecule has 0 aromatic heterocycles. The van der Waals surface area contributed by atoms with Crippen molar-refractivity contribution in [1.29, 1.82) is 0 Å². The smallest absolute Gasteiger partial charge is 0.145 e. The molecule has 0 unspecified atom stereocenters. The minimum absolute atomic E-state index is 0.828. The molecule has 0 aromatic carbocycles. The molecule has 11 heavy (non-hydrogen) atoms. The van der Waals surface area contributed by atoms with E-state index in [1.165, 1.54) is 5.57 Å². The second-order valence-corrected chi connectivity index (χ2v) is 2.74. The van der Waals surface area contributed by atoms with E-state index in [2.05, 4.69) is 13.0 Å². The zero-order chi connectivity index (χ0) is 8.69. The van der Waals surface area contributed by atoms with Gasteiger partial charge in [-0.2, -0.15) is 0 Å². The Balaban J connectivity index is 3.65. The maximum absolute atomic E-state index is 10.2. The van der Waals surface area contributed by atoms with Crippen molar-refractivity contribution in [3.8, 4) is 0 Å². The maximum atomic E-state index is 10.2. The van der Waals surface area contributed by atoms with Gasteiger partial charge >= 0.3 is 0 Å². The summed E-state index contributed by atoms with van der Waals surface area (Å²) in [6.07, 6.45) is 7.00. The van der Waals surface area contributed by atoms with Gasteiger partial charge in [-0.1, -0.05) is 17.7 Å². The van der Waals surface area contributed by atoms with E-state index in [1.54, 1.807) is 0 Å². The zero-order valence-electron chi connectivity index (χ0n) is 7.55. The van der Waals surface area contributed by atoms with Crippen molar-refractivity contribution in [1.82, 2.24) is 0 Å². The van der Waals surface area contributed by atoms with E-state index in [4.69, 9.17) is 0 Å². The van der Waals surface area contributed by atoms with Gasteiger partial charge in [0, 0.05) is 0 Å². The minimum Gasteiger partial charge on any atom is -0.298 e. The highest BCUT2D eigenvalue weighted by atomic mass is 16.1. The van der Waals surface area contributed by atoms with E-state index in [0.717, 1.165) is 24.7 Å². The van der Waals surface area contributed by atoms with Crippen molar-refractivity contribution in [3.05, 3.63) is 23.3 Å². The lowest BCUT2D eigenvalue weighted by Crippen LogP contribution is -1.78. The number of hydrogen-bond donors (Lipinski definition) is 0. The molecule has 0 N–H and O–H groups in total. The fourth-order valence-corrected chi connectivity index (χ4v) is 0.720. The van der Waals surface area contributed by atoms with Crippen molar-refractivity contribution in [3.63, 3.8) is 0 Å². The van der Waals surface area contributed by atoms with Gasteiger partial charge in [0.1, 0.15) is 6.29 Å². The Morgan fingerprint density at radius 2 is 2.00 bits per heavy atom. The summed E-state index contributed by atoms with van der Waals surface area (Å²) in [4.78, 5) is 10.2. The molecule has 0 rings (SSSR count). The fourth-order valence-electron chi connectivity index (χ4n) is 0.720. The van der Waals surface area contributed by atoms with Crippen LogP contribution in [0, 0.1) is 0 Å². The topological polar surface area (TPSA) is 17.1 Å². The van der Waals surface area contributed by atoms with Gasteiger partial charge in [-0.3, -0.25) is 4.79 Å². The zero-order valence-corrected chi connectivity index (χ0v) is 7.55. The van der Waals surface area contributed by atoms with Crippen molar-refractivity contribution >= 4 is 6.29 Å². The van der Waals surface area contributed by atoms with Gasteiger partial charge in [-0.05, 0) is 39.2 Å². The predicted octanol–water partition coefficient (Wildman–Crippen LogP) is 2.88. The minimum atomic E-state index is 0.828.